The number of hydrogen-bond donors (Lipinski definition) is 1. The van der Waals surface area contributed by atoms with Crippen LogP contribution >= 0.6 is 11.3 Å². The molecule has 0 saturated heterocycles. The van der Waals surface area contributed by atoms with E-state index in [1.807, 2.05) is 32.0 Å². The maximum Gasteiger partial charge on any atom is 0.340 e. The molecule has 2 aromatic carbocycles. The maximum absolute atomic E-state index is 12.8. The van der Waals surface area contributed by atoms with Crippen LogP contribution in [0.1, 0.15) is 47.7 Å². The van der Waals surface area contributed by atoms with Crippen molar-refractivity contribution in [2.75, 3.05) is 5.32 Å². The first-order chi connectivity index (χ1) is 16.8. The zero-order valence-electron chi connectivity index (χ0n) is 19.4. The molecule has 0 aliphatic rings. The number of benzene rings is 2. The van der Waals surface area contributed by atoms with Gasteiger partial charge in [0.25, 0.3) is 11.5 Å². The lowest BCUT2D eigenvalue weighted by molar-refractivity contribution is -0.122. The lowest BCUT2D eigenvalue weighted by atomic mass is 10.1. The van der Waals surface area contributed by atoms with Gasteiger partial charge in [0.05, 0.1) is 16.9 Å². The molecule has 2 heterocycles. The van der Waals surface area contributed by atoms with Crippen molar-refractivity contribution < 1.29 is 19.1 Å². The van der Waals surface area contributed by atoms with E-state index in [0.29, 0.717) is 22.1 Å². The standard InChI is InChI=1S/C25H24N4O5S/c1-15(2)23-28-29-21(30)13-17(26-25(29)35-23)14-33-24(32)19-11-7-8-12-20(19)27-22(31)16(3)34-18-9-5-4-6-10-18/h4-13,15-16H,14H2,1-3H3,(H,27,31)/t16-/m1/s1. The summed E-state index contributed by atoms with van der Waals surface area (Å²) in [6, 6.07) is 16.8. The van der Waals surface area contributed by atoms with Crippen molar-refractivity contribution in [1.82, 2.24) is 14.6 Å². The molecule has 180 valence electrons. The Morgan fingerprint density at radius 1 is 1.06 bits per heavy atom. The number of nitrogens with zero attached hydrogens (tertiary/aromatic N) is 3. The van der Waals surface area contributed by atoms with E-state index in [2.05, 4.69) is 15.4 Å². The highest BCUT2D eigenvalue weighted by atomic mass is 32.1. The normalized spacial score (nSPS) is 11.9. The minimum absolute atomic E-state index is 0.162. The van der Waals surface area contributed by atoms with Gasteiger partial charge in [0.1, 0.15) is 17.4 Å². The number of ether oxygens (including phenoxy) is 2. The fourth-order valence-corrected chi connectivity index (χ4v) is 4.08. The van der Waals surface area contributed by atoms with Crippen LogP contribution in [0.2, 0.25) is 0 Å². The Balaban J connectivity index is 1.44. The molecular formula is C25H24N4O5S. The molecule has 0 spiro atoms. The first-order valence-corrected chi connectivity index (χ1v) is 11.8. The van der Waals surface area contributed by atoms with Gasteiger partial charge in [0.2, 0.25) is 4.96 Å². The van der Waals surface area contributed by atoms with Gasteiger partial charge in [-0.15, -0.1) is 0 Å². The predicted octanol–water partition coefficient (Wildman–Crippen LogP) is 4.04. The van der Waals surface area contributed by atoms with Crippen LogP contribution in [0.15, 0.2) is 65.5 Å². The van der Waals surface area contributed by atoms with Gasteiger partial charge in [-0.3, -0.25) is 9.59 Å². The minimum atomic E-state index is -0.791. The lowest BCUT2D eigenvalue weighted by Crippen LogP contribution is -2.30. The highest BCUT2D eigenvalue weighted by Gasteiger charge is 2.20. The van der Waals surface area contributed by atoms with Crippen LogP contribution < -0.4 is 15.6 Å². The van der Waals surface area contributed by atoms with Gasteiger partial charge in [-0.25, -0.2) is 9.78 Å². The van der Waals surface area contributed by atoms with Crippen LogP contribution in [0.25, 0.3) is 4.96 Å². The molecule has 0 fully saturated rings. The number of aromatic nitrogens is 3. The summed E-state index contributed by atoms with van der Waals surface area (Å²) in [5, 5.41) is 7.78. The maximum atomic E-state index is 12.8. The molecular weight excluding hydrogens is 468 g/mol. The smallest absolute Gasteiger partial charge is 0.340 e. The number of anilines is 1. The molecule has 4 aromatic rings. The largest absolute Gasteiger partial charge is 0.481 e. The quantitative estimate of drug-likeness (QED) is 0.370. The first-order valence-electron chi connectivity index (χ1n) is 11.0. The summed E-state index contributed by atoms with van der Waals surface area (Å²) in [5.74, 6) is -0.355. The lowest BCUT2D eigenvalue weighted by Gasteiger charge is -2.16. The molecule has 35 heavy (non-hydrogen) atoms. The molecule has 1 N–H and O–H groups in total. The van der Waals surface area contributed by atoms with E-state index in [4.69, 9.17) is 9.47 Å². The van der Waals surface area contributed by atoms with Crippen molar-refractivity contribution in [1.29, 1.82) is 0 Å². The molecule has 0 unspecified atom stereocenters. The van der Waals surface area contributed by atoms with E-state index >= 15 is 0 Å². The summed E-state index contributed by atoms with van der Waals surface area (Å²) in [7, 11) is 0. The van der Waals surface area contributed by atoms with Crippen molar-refractivity contribution in [3.63, 3.8) is 0 Å². The molecule has 0 saturated carbocycles. The summed E-state index contributed by atoms with van der Waals surface area (Å²) >= 11 is 1.32. The van der Waals surface area contributed by atoms with Gasteiger partial charge < -0.3 is 14.8 Å². The number of amides is 1. The van der Waals surface area contributed by atoms with E-state index in [1.54, 1.807) is 43.3 Å². The van der Waals surface area contributed by atoms with Crippen molar-refractivity contribution in [3.05, 3.63) is 87.3 Å². The summed E-state index contributed by atoms with van der Waals surface area (Å²) in [5.41, 5.74) is 0.432. The van der Waals surface area contributed by atoms with Gasteiger partial charge in [-0.2, -0.15) is 9.61 Å². The van der Waals surface area contributed by atoms with Crippen LogP contribution in [-0.2, 0) is 16.1 Å². The first kappa shape index (κ1) is 24.1. The zero-order valence-corrected chi connectivity index (χ0v) is 20.2. The number of hydrogen-bond acceptors (Lipinski definition) is 8. The molecule has 0 bridgehead atoms. The van der Waals surface area contributed by atoms with E-state index in [9.17, 15) is 14.4 Å². The Bertz CT molecular complexity index is 1410. The van der Waals surface area contributed by atoms with Crippen molar-refractivity contribution in [3.8, 4) is 5.75 Å². The Morgan fingerprint density at radius 3 is 2.51 bits per heavy atom. The molecule has 10 heteroatoms. The Hall–Kier alpha value is -4.05. The Kier molecular flexibility index (Phi) is 7.21. The average molecular weight is 493 g/mol. The van der Waals surface area contributed by atoms with Gasteiger partial charge in [0.15, 0.2) is 6.10 Å². The highest BCUT2D eigenvalue weighted by Crippen LogP contribution is 2.21. The molecule has 1 atom stereocenters. The SMILES string of the molecule is CC(C)c1nn2c(=O)cc(COC(=O)c3ccccc3NC(=O)[C@@H](C)Oc3ccccc3)nc2s1. The second kappa shape index (κ2) is 10.5. The third-order valence-corrected chi connectivity index (χ3v) is 6.20. The third kappa shape index (κ3) is 5.72. The summed E-state index contributed by atoms with van der Waals surface area (Å²) in [4.78, 5) is 42.7. The molecule has 0 radical (unpaired) electrons. The van der Waals surface area contributed by atoms with Crippen molar-refractivity contribution in [2.24, 2.45) is 0 Å². The van der Waals surface area contributed by atoms with E-state index in [1.165, 1.54) is 21.9 Å². The average Bonchev–Trinajstić information content (AvgIpc) is 3.29. The van der Waals surface area contributed by atoms with Crippen molar-refractivity contribution >= 4 is 33.9 Å². The third-order valence-electron chi connectivity index (χ3n) is 4.99. The van der Waals surface area contributed by atoms with E-state index in [-0.39, 0.29) is 23.6 Å². The number of rotatable bonds is 8. The van der Waals surface area contributed by atoms with E-state index in [0.717, 1.165) is 5.01 Å². The monoisotopic (exact) mass is 492 g/mol. The van der Waals surface area contributed by atoms with Gasteiger partial charge in [-0.1, -0.05) is 55.5 Å². The summed E-state index contributed by atoms with van der Waals surface area (Å²) in [6.45, 7) is 5.38. The number of carbonyl (C=O) groups excluding carboxylic acids is 2. The zero-order chi connectivity index (χ0) is 24.9. The van der Waals surface area contributed by atoms with Gasteiger partial charge in [0, 0.05) is 12.0 Å². The number of esters is 1. The van der Waals surface area contributed by atoms with Crippen LogP contribution in [0.5, 0.6) is 5.75 Å². The van der Waals surface area contributed by atoms with Crippen LogP contribution in [0.3, 0.4) is 0 Å². The fraction of sp³-hybridized carbons (Fsp3) is 0.240. The second-order valence-corrected chi connectivity index (χ2v) is 9.05. The summed E-state index contributed by atoms with van der Waals surface area (Å²) in [6.07, 6.45) is -0.791. The van der Waals surface area contributed by atoms with Crippen molar-refractivity contribution in [2.45, 2.75) is 39.4 Å². The molecule has 4 rings (SSSR count). The molecule has 0 aliphatic heterocycles. The topological polar surface area (TPSA) is 112 Å². The molecule has 0 aliphatic carbocycles. The Labute approximate surface area is 205 Å². The highest BCUT2D eigenvalue weighted by molar-refractivity contribution is 7.16. The van der Waals surface area contributed by atoms with Crippen LogP contribution in [-0.4, -0.2) is 32.6 Å². The van der Waals surface area contributed by atoms with Gasteiger partial charge in [-0.05, 0) is 31.2 Å². The van der Waals surface area contributed by atoms with Crippen LogP contribution in [0.4, 0.5) is 5.69 Å². The summed E-state index contributed by atoms with van der Waals surface area (Å²) < 4.78 is 12.3. The molecule has 2 aromatic heterocycles. The van der Waals surface area contributed by atoms with Gasteiger partial charge >= 0.3 is 5.97 Å². The Morgan fingerprint density at radius 2 is 1.77 bits per heavy atom. The second-order valence-electron chi connectivity index (χ2n) is 8.06. The van der Waals surface area contributed by atoms with E-state index < -0.39 is 18.0 Å². The predicted molar refractivity (Wildman–Crippen MR) is 132 cm³/mol. The number of fused-ring (bicyclic) bond motifs is 1. The number of para-hydroxylation sites is 2. The molecule has 9 nitrogen and oxygen atoms in total. The number of carbonyl (C=O) groups is 2. The van der Waals surface area contributed by atoms with Crippen LogP contribution in [0, 0.1) is 0 Å². The fourth-order valence-electron chi connectivity index (χ4n) is 3.16. The minimum Gasteiger partial charge on any atom is -0.481 e. The molecule has 1 amide bonds. The number of nitrogens with one attached hydrogen (secondary N) is 1.